The van der Waals surface area contributed by atoms with E-state index >= 15 is 0 Å². The molecule has 0 saturated carbocycles. The number of ether oxygens (including phenoxy) is 1. The van der Waals surface area contributed by atoms with Gasteiger partial charge in [0.2, 0.25) is 0 Å². The number of carbonyl (C=O) groups excluding carboxylic acids is 1. The van der Waals surface area contributed by atoms with Gasteiger partial charge in [-0.15, -0.1) is 0 Å². The van der Waals surface area contributed by atoms with Crippen molar-refractivity contribution in [3.8, 4) is 0 Å². The van der Waals surface area contributed by atoms with Gasteiger partial charge >= 0.3 is 6.03 Å². The fraction of sp³-hybridized carbons (Fsp3) is 0.471. The molecule has 0 spiro atoms. The van der Waals surface area contributed by atoms with Crippen LogP contribution in [0.5, 0.6) is 0 Å². The van der Waals surface area contributed by atoms with Gasteiger partial charge in [-0.05, 0) is 31.2 Å². The summed E-state index contributed by atoms with van der Waals surface area (Å²) in [5.74, 6) is 0.511. The van der Waals surface area contributed by atoms with Gasteiger partial charge in [0.15, 0.2) is 5.65 Å². The molecule has 2 amide bonds. The molecule has 2 heterocycles. The number of fused-ring (bicyclic) bond motifs is 1. The highest BCUT2D eigenvalue weighted by molar-refractivity contribution is 5.89. The molecule has 2 aromatic heterocycles. The average molecular weight is 329 g/mol. The molecule has 3 rings (SSSR count). The van der Waals surface area contributed by atoms with Crippen LogP contribution < -0.4 is 5.32 Å². The first kappa shape index (κ1) is 16.4. The minimum absolute atomic E-state index is 0.106. The summed E-state index contributed by atoms with van der Waals surface area (Å²) in [7, 11) is 1.65. The quantitative estimate of drug-likeness (QED) is 0.827. The zero-order valence-corrected chi connectivity index (χ0v) is 13.9. The topological polar surface area (TPSA) is 71.8 Å². The van der Waals surface area contributed by atoms with E-state index in [1.54, 1.807) is 17.8 Å². The van der Waals surface area contributed by atoms with Gasteiger partial charge in [0.05, 0.1) is 6.61 Å². The molecule has 0 bridgehead atoms. The van der Waals surface area contributed by atoms with Gasteiger partial charge in [-0.3, -0.25) is 0 Å². The lowest BCUT2D eigenvalue weighted by Gasteiger charge is -2.28. The molecular weight excluding hydrogens is 306 g/mol. The molecule has 1 N–H and O–H groups in total. The van der Waals surface area contributed by atoms with Crippen molar-refractivity contribution in [1.82, 2.24) is 19.5 Å². The number of hydrogen-bond donors (Lipinski definition) is 1. The molecule has 0 aliphatic heterocycles. The second-order valence-corrected chi connectivity index (χ2v) is 6.00. The number of aromatic nitrogens is 3. The van der Waals surface area contributed by atoms with E-state index in [4.69, 9.17) is 4.74 Å². The Kier molecular flexibility index (Phi) is 5.43. The first-order valence-electron chi connectivity index (χ1n) is 8.25. The van der Waals surface area contributed by atoms with Crippen LogP contribution in [-0.2, 0) is 4.74 Å². The Labute approximate surface area is 141 Å². The lowest BCUT2D eigenvalue weighted by atomic mass is 9.94. The molecule has 0 fully saturated rings. The Hall–Kier alpha value is -2.41. The van der Waals surface area contributed by atoms with Gasteiger partial charge in [-0.25, -0.2) is 14.3 Å². The van der Waals surface area contributed by atoms with E-state index in [0.29, 0.717) is 30.4 Å². The normalized spacial score (nSPS) is 17.1. The average Bonchev–Trinajstić information content (AvgIpc) is 3.07. The maximum absolute atomic E-state index is 12.7. The van der Waals surface area contributed by atoms with Crippen LogP contribution in [0.25, 0.3) is 5.65 Å². The Balaban J connectivity index is 1.65. The van der Waals surface area contributed by atoms with Crippen LogP contribution in [0.2, 0.25) is 0 Å². The lowest BCUT2D eigenvalue weighted by molar-refractivity contribution is 0.146. The van der Waals surface area contributed by atoms with E-state index in [-0.39, 0.29) is 6.03 Å². The Morgan fingerprint density at radius 1 is 1.50 bits per heavy atom. The highest BCUT2D eigenvalue weighted by Crippen LogP contribution is 2.20. The molecule has 0 radical (unpaired) electrons. The molecule has 0 aromatic carbocycles. The van der Waals surface area contributed by atoms with Gasteiger partial charge < -0.3 is 15.0 Å². The first-order chi connectivity index (χ1) is 11.8. The molecule has 24 heavy (non-hydrogen) atoms. The van der Waals surface area contributed by atoms with Crippen LogP contribution in [0.15, 0.2) is 36.8 Å². The van der Waals surface area contributed by atoms with E-state index < -0.39 is 0 Å². The van der Waals surface area contributed by atoms with Crippen molar-refractivity contribution >= 4 is 17.4 Å². The molecule has 1 aliphatic rings. The number of allylic oxidation sites excluding steroid dienone is 2. The minimum Gasteiger partial charge on any atom is -0.383 e. The molecule has 128 valence electrons. The number of carbonyl (C=O) groups is 1. The highest BCUT2D eigenvalue weighted by Gasteiger charge is 2.19. The number of anilines is 1. The summed E-state index contributed by atoms with van der Waals surface area (Å²) in [6.45, 7) is 1.85. The summed E-state index contributed by atoms with van der Waals surface area (Å²) < 4.78 is 6.81. The van der Waals surface area contributed by atoms with Crippen LogP contribution in [0.1, 0.15) is 19.3 Å². The van der Waals surface area contributed by atoms with E-state index in [1.807, 2.05) is 17.0 Å². The summed E-state index contributed by atoms with van der Waals surface area (Å²) in [6.07, 6.45) is 10.9. The Morgan fingerprint density at radius 2 is 2.42 bits per heavy atom. The van der Waals surface area contributed by atoms with Crippen molar-refractivity contribution in [2.45, 2.75) is 19.3 Å². The van der Waals surface area contributed by atoms with Crippen molar-refractivity contribution in [2.24, 2.45) is 5.92 Å². The van der Waals surface area contributed by atoms with Crippen molar-refractivity contribution in [3.05, 3.63) is 36.8 Å². The van der Waals surface area contributed by atoms with Crippen LogP contribution >= 0.6 is 0 Å². The van der Waals surface area contributed by atoms with Gasteiger partial charge in [-0.2, -0.15) is 5.10 Å². The van der Waals surface area contributed by atoms with Crippen molar-refractivity contribution in [2.75, 3.05) is 32.1 Å². The Morgan fingerprint density at radius 3 is 3.21 bits per heavy atom. The monoisotopic (exact) mass is 329 g/mol. The maximum atomic E-state index is 12.7. The third kappa shape index (κ3) is 4.11. The summed E-state index contributed by atoms with van der Waals surface area (Å²) in [5, 5.41) is 7.01. The highest BCUT2D eigenvalue weighted by atomic mass is 16.5. The van der Waals surface area contributed by atoms with Crippen LogP contribution in [0.3, 0.4) is 0 Å². The fourth-order valence-corrected chi connectivity index (χ4v) is 2.91. The predicted molar refractivity (Wildman–Crippen MR) is 91.9 cm³/mol. The van der Waals surface area contributed by atoms with Gasteiger partial charge in [0, 0.05) is 38.1 Å². The number of nitrogens with zero attached hydrogens (tertiary/aromatic N) is 4. The van der Waals surface area contributed by atoms with E-state index in [2.05, 4.69) is 27.6 Å². The number of rotatable bonds is 6. The number of amides is 2. The van der Waals surface area contributed by atoms with Gasteiger partial charge in [0.25, 0.3) is 0 Å². The number of pyridine rings is 1. The van der Waals surface area contributed by atoms with Gasteiger partial charge in [-0.1, -0.05) is 12.2 Å². The van der Waals surface area contributed by atoms with E-state index in [0.717, 1.165) is 25.8 Å². The number of methoxy groups -OCH3 is 1. The lowest BCUT2D eigenvalue weighted by Crippen LogP contribution is -2.40. The SMILES string of the molecule is COCCN(CC1CC=CCC1)C(=O)Nc1ccn2ncnc2c1. The van der Waals surface area contributed by atoms with E-state index in [9.17, 15) is 4.79 Å². The van der Waals surface area contributed by atoms with Gasteiger partial charge in [0.1, 0.15) is 6.33 Å². The molecule has 7 nitrogen and oxygen atoms in total. The molecule has 0 saturated heterocycles. The number of nitrogens with one attached hydrogen (secondary N) is 1. The summed E-state index contributed by atoms with van der Waals surface area (Å²) >= 11 is 0. The maximum Gasteiger partial charge on any atom is 0.321 e. The standard InChI is InChI=1S/C17H23N5O2/c1-24-10-9-21(12-14-5-3-2-4-6-14)17(23)20-15-7-8-22-16(11-15)18-13-19-22/h2-3,7-8,11,13-14H,4-6,9-10,12H2,1H3,(H,20,23). The molecule has 1 atom stereocenters. The zero-order valence-electron chi connectivity index (χ0n) is 13.9. The van der Waals surface area contributed by atoms with Crippen molar-refractivity contribution in [1.29, 1.82) is 0 Å². The summed E-state index contributed by atoms with van der Waals surface area (Å²) in [5.41, 5.74) is 1.42. The fourth-order valence-electron chi connectivity index (χ4n) is 2.91. The Bertz CT molecular complexity index is 712. The first-order valence-corrected chi connectivity index (χ1v) is 8.25. The second kappa shape index (κ2) is 7.92. The predicted octanol–water partition coefficient (Wildman–Crippen LogP) is 2.57. The minimum atomic E-state index is -0.106. The van der Waals surface area contributed by atoms with Crippen LogP contribution in [-0.4, -0.2) is 52.3 Å². The zero-order chi connectivity index (χ0) is 16.8. The van der Waals surface area contributed by atoms with Crippen molar-refractivity contribution in [3.63, 3.8) is 0 Å². The molecule has 2 aromatic rings. The summed E-state index contributed by atoms with van der Waals surface area (Å²) in [4.78, 5) is 18.6. The molecule has 1 unspecified atom stereocenters. The summed E-state index contributed by atoms with van der Waals surface area (Å²) in [6, 6.07) is 3.52. The number of urea groups is 1. The number of hydrogen-bond acceptors (Lipinski definition) is 4. The molecule has 1 aliphatic carbocycles. The third-order valence-corrected chi connectivity index (χ3v) is 4.24. The second-order valence-electron chi connectivity index (χ2n) is 6.00. The van der Waals surface area contributed by atoms with Crippen LogP contribution in [0.4, 0.5) is 10.5 Å². The third-order valence-electron chi connectivity index (χ3n) is 4.24. The van der Waals surface area contributed by atoms with Crippen LogP contribution in [0, 0.1) is 5.92 Å². The van der Waals surface area contributed by atoms with E-state index in [1.165, 1.54) is 6.33 Å². The molecular formula is C17H23N5O2. The largest absolute Gasteiger partial charge is 0.383 e. The smallest absolute Gasteiger partial charge is 0.321 e. The molecule has 7 heteroatoms. The van der Waals surface area contributed by atoms with Crippen molar-refractivity contribution < 1.29 is 9.53 Å².